The van der Waals surface area contributed by atoms with Crippen molar-refractivity contribution < 1.29 is 9.59 Å². The molecule has 2 amide bonds. The van der Waals surface area contributed by atoms with E-state index >= 15 is 0 Å². The number of hydrogen-bond donors (Lipinski definition) is 1. The fraction of sp³-hybridized carbons (Fsp3) is 0.296. The summed E-state index contributed by atoms with van der Waals surface area (Å²) in [6.07, 6.45) is 6.88. The van der Waals surface area contributed by atoms with Crippen molar-refractivity contribution in [3.8, 4) is 0 Å². The smallest absolute Gasteiger partial charge is 0.252 e. The number of carbonyl (C=O) groups is 2. The van der Waals surface area contributed by atoms with Crippen molar-refractivity contribution >= 4 is 34.4 Å². The van der Waals surface area contributed by atoms with E-state index < -0.39 is 0 Å². The number of aryl methyl sites for hydroxylation is 1. The number of nitrogens with one attached hydrogen (secondary N) is 1. The van der Waals surface area contributed by atoms with Crippen LogP contribution in [0.5, 0.6) is 0 Å². The van der Waals surface area contributed by atoms with E-state index in [9.17, 15) is 9.59 Å². The molecule has 3 aromatic rings. The van der Waals surface area contributed by atoms with Crippen LogP contribution in [0, 0.1) is 0 Å². The van der Waals surface area contributed by atoms with Crippen LogP contribution in [0.3, 0.4) is 0 Å². The molecule has 1 N–H and O–H groups in total. The molecular formula is C27H31ClN4O2. The summed E-state index contributed by atoms with van der Waals surface area (Å²) in [6, 6.07) is 14.9. The van der Waals surface area contributed by atoms with Crippen LogP contribution in [0.25, 0.3) is 11.0 Å². The lowest BCUT2D eigenvalue weighted by Gasteiger charge is -2.20. The van der Waals surface area contributed by atoms with Gasteiger partial charge in [-0.25, -0.2) is 4.98 Å². The van der Waals surface area contributed by atoms with Gasteiger partial charge in [0.1, 0.15) is 12.4 Å². The van der Waals surface area contributed by atoms with E-state index in [0.29, 0.717) is 30.2 Å². The van der Waals surface area contributed by atoms with Crippen molar-refractivity contribution in [2.45, 2.75) is 32.2 Å². The molecule has 0 aliphatic heterocycles. The quantitative estimate of drug-likeness (QED) is 0.276. The number of para-hydroxylation sites is 2. The van der Waals surface area contributed by atoms with Gasteiger partial charge < -0.3 is 14.8 Å². The van der Waals surface area contributed by atoms with Crippen molar-refractivity contribution in [2.24, 2.45) is 0 Å². The van der Waals surface area contributed by atoms with Gasteiger partial charge in [-0.3, -0.25) is 9.59 Å². The maximum atomic E-state index is 12.9. The van der Waals surface area contributed by atoms with Gasteiger partial charge in [-0.2, -0.15) is 0 Å². The number of imidazole rings is 1. The highest BCUT2D eigenvalue weighted by atomic mass is 35.5. The van der Waals surface area contributed by atoms with Gasteiger partial charge in [-0.15, -0.1) is 13.2 Å². The van der Waals surface area contributed by atoms with Crippen LogP contribution in [0.2, 0.25) is 5.02 Å². The summed E-state index contributed by atoms with van der Waals surface area (Å²) >= 11 is 6.08. The Labute approximate surface area is 205 Å². The molecular weight excluding hydrogens is 448 g/mol. The molecule has 0 unspecified atom stereocenters. The van der Waals surface area contributed by atoms with Gasteiger partial charge >= 0.3 is 0 Å². The second-order valence-corrected chi connectivity index (χ2v) is 8.43. The minimum atomic E-state index is -0.158. The molecule has 0 atom stereocenters. The van der Waals surface area contributed by atoms with Crippen LogP contribution >= 0.6 is 11.6 Å². The van der Waals surface area contributed by atoms with Crippen molar-refractivity contribution in [3.05, 3.63) is 90.3 Å². The van der Waals surface area contributed by atoms with E-state index in [-0.39, 0.29) is 18.4 Å². The molecule has 1 heterocycles. The lowest BCUT2D eigenvalue weighted by atomic mass is 10.1. The summed E-state index contributed by atoms with van der Waals surface area (Å²) in [4.78, 5) is 31.7. The summed E-state index contributed by atoms with van der Waals surface area (Å²) in [5, 5.41) is 3.38. The Morgan fingerprint density at radius 1 is 1.00 bits per heavy atom. The first-order valence-corrected chi connectivity index (χ1v) is 11.9. The summed E-state index contributed by atoms with van der Waals surface area (Å²) in [7, 11) is 0. The van der Waals surface area contributed by atoms with Crippen LogP contribution in [0.4, 0.5) is 0 Å². The summed E-state index contributed by atoms with van der Waals surface area (Å²) in [5.41, 5.74) is 2.33. The topological polar surface area (TPSA) is 67.2 Å². The minimum absolute atomic E-state index is 0.00601. The highest BCUT2D eigenvalue weighted by molar-refractivity contribution is 6.33. The molecule has 0 fully saturated rings. The highest BCUT2D eigenvalue weighted by Crippen LogP contribution is 2.19. The molecule has 0 saturated heterocycles. The number of carbonyl (C=O) groups excluding carboxylic acids is 2. The average molecular weight is 479 g/mol. The number of aromatic nitrogens is 2. The molecule has 34 heavy (non-hydrogen) atoms. The third-order valence-corrected chi connectivity index (χ3v) is 5.89. The molecule has 6 nitrogen and oxygen atoms in total. The average Bonchev–Trinajstić information content (AvgIpc) is 3.18. The van der Waals surface area contributed by atoms with Crippen LogP contribution in [-0.4, -0.2) is 45.9 Å². The Morgan fingerprint density at radius 2 is 1.71 bits per heavy atom. The number of benzene rings is 2. The normalized spacial score (nSPS) is 10.7. The number of fused-ring (bicyclic) bond motifs is 1. The Kier molecular flexibility index (Phi) is 9.47. The zero-order chi connectivity index (χ0) is 24.3. The number of hydrogen-bond acceptors (Lipinski definition) is 3. The Hall–Kier alpha value is -3.38. The molecule has 0 radical (unpaired) electrons. The predicted molar refractivity (Wildman–Crippen MR) is 138 cm³/mol. The Bertz CT molecular complexity index is 1140. The lowest BCUT2D eigenvalue weighted by Crippen LogP contribution is -2.34. The number of halogens is 1. The van der Waals surface area contributed by atoms with Crippen LogP contribution < -0.4 is 5.32 Å². The Morgan fingerprint density at radius 3 is 2.44 bits per heavy atom. The first-order chi connectivity index (χ1) is 16.5. The van der Waals surface area contributed by atoms with E-state index in [2.05, 4.69) is 18.5 Å². The molecule has 3 rings (SSSR count). The zero-order valence-electron chi connectivity index (χ0n) is 19.4. The summed E-state index contributed by atoms with van der Waals surface area (Å²) in [5.74, 6) is 0.743. The van der Waals surface area contributed by atoms with E-state index in [1.807, 2.05) is 28.8 Å². The molecule has 0 aliphatic carbocycles. The number of unbranched alkanes of at least 4 members (excludes halogenated alkanes) is 2. The fourth-order valence-electron chi connectivity index (χ4n) is 3.85. The third kappa shape index (κ3) is 6.58. The molecule has 178 valence electrons. The van der Waals surface area contributed by atoms with E-state index in [1.165, 1.54) is 0 Å². The Balaban J connectivity index is 1.56. The first kappa shape index (κ1) is 25.2. The molecule has 0 saturated carbocycles. The van der Waals surface area contributed by atoms with E-state index in [4.69, 9.17) is 16.6 Å². The molecule has 2 aromatic carbocycles. The SMILES string of the molecule is C=CCN(CC=C)C(=O)Cn1c(CCCCCNC(=O)c2ccccc2Cl)nc2ccccc21. The molecule has 7 heteroatoms. The first-order valence-electron chi connectivity index (χ1n) is 11.5. The third-order valence-electron chi connectivity index (χ3n) is 5.56. The molecule has 0 spiro atoms. The predicted octanol–water partition coefficient (Wildman–Crippen LogP) is 5.03. The highest BCUT2D eigenvalue weighted by Gasteiger charge is 2.17. The second-order valence-electron chi connectivity index (χ2n) is 8.03. The van der Waals surface area contributed by atoms with Crippen LogP contribution in [0.15, 0.2) is 73.8 Å². The fourth-order valence-corrected chi connectivity index (χ4v) is 4.07. The van der Waals surface area contributed by atoms with Crippen molar-refractivity contribution in [1.82, 2.24) is 19.8 Å². The monoisotopic (exact) mass is 478 g/mol. The van der Waals surface area contributed by atoms with Gasteiger partial charge in [-0.05, 0) is 37.1 Å². The molecule has 1 aromatic heterocycles. The number of rotatable bonds is 13. The molecule has 0 bridgehead atoms. The maximum absolute atomic E-state index is 12.9. The maximum Gasteiger partial charge on any atom is 0.252 e. The van der Waals surface area contributed by atoms with Gasteiger partial charge in [0.25, 0.3) is 5.91 Å². The van der Waals surface area contributed by atoms with E-state index in [1.54, 1.807) is 41.3 Å². The number of amides is 2. The van der Waals surface area contributed by atoms with Gasteiger partial charge in [0, 0.05) is 26.1 Å². The van der Waals surface area contributed by atoms with Gasteiger partial charge in [0.15, 0.2) is 0 Å². The second kappa shape index (κ2) is 12.8. The summed E-state index contributed by atoms with van der Waals surface area (Å²) in [6.45, 7) is 9.26. The van der Waals surface area contributed by atoms with Crippen LogP contribution in [0.1, 0.15) is 35.4 Å². The summed E-state index contributed by atoms with van der Waals surface area (Å²) < 4.78 is 2.01. The lowest BCUT2D eigenvalue weighted by molar-refractivity contribution is -0.130. The van der Waals surface area contributed by atoms with Crippen molar-refractivity contribution in [3.63, 3.8) is 0 Å². The van der Waals surface area contributed by atoms with Crippen LogP contribution in [-0.2, 0) is 17.8 Å². The zero-order valence-corrected chi connectivity index (χ0v) is 20.1. The molecule has 0 aliphatic rings. The van der Waals surface area contributed by atoms with Gasteiger partial charge in [-0.1, -0.05) is 54.4 Å². The van der Waals surface area contributed by atoms with Crippen molar-refractivity contribution in [2.75, 3.05) is 19.6 Å². The van der Waals surface area contributed by atoms with Gasteiger partial charge in [0.2, 0.25) is 5.91 Å². The van der Waals surface area contributed by atoms with Crippen molar-refractivity contribution in [1.29, 1.82) is 0 Å². The largest absolute Gasteiger partial charge is 0.352 e. The van der Waals surface area contributed by atoms with Gasteiger partial charge in [0.05, 0.1) is 21.6 Å². The standard InChI is InChI=1S/C27H31ClN4O2/c1-3-18-31(19-4-2)26(33)20-32-24-15-10-9-14-23(24)30-25(32)16-6-5-11-17-29-27(34)21-12-7-8-13-22(21)28/h3-4,7-10,12-15H,1-2,5-6,11,16-20H2,(H,29,34). The van der Waals surface area contributed by atoms with E-state index in [0.717, 1.165) is 42.5 Å². The minimum Gasteiger partial charge on any atom is -0.352 e. The number of nitrogens with zero attached hydrogens (tertiary/aromatic N) is 3.